The Hall–Kier alpha value is -3.35. The number of carbonyl (C=O) groups is 3. The van der Waals surface area contributed by atoms with Crippen molar-refractivity contribution in [3.8, 4) is 11.1 Å². The van der Waals surface area contributed by atoms with E-state index in [9.17, 15) is 19.5 Å². The molecule has 2 aromatic carbocycles. The lowest BCUT2D eigenvalue weighted by molar-refractivity contribution is -0.149. The zero-order valence-electron chi connectivity index (χ0n) is 19.3. The number of rotatable bonds is 6. The average molecular weight is 463 g/mol. The summed E-state index contributed by atoms with van der Waals surface area (Å²) in [5.74, 6) is -0.915. The van der Waals surface area contributed by atoms with Crippen LogP contribution in [0.2, 0.25) is 0 Å². The number of carboxylic acid groups (broad SMARTS) is 1. The van der Waals surface area contributed by atoms with Crippen LogP contribution in [0.5, 0.6) is 0 Å². The zero-order valence-corrected chi connectivity index (χ0v) is 19.3. The molecule has 1 saturated heterocycles. The van der Waals surface area contributed by atoms with E-state index in [2.05, 4.69) is 29.6 Å². The fraction of sp³-hybridized carbons (Fsp3) is 0.444. The van der Waals surface area contributed by atoms with Crippen LogP contribution >= 0.6 is 0 Å². The molecule has 3 aliphatic rings. The first kappa shape index (κ1) is 22.4. The third-order valence-corrected chi connectivity index (χ3v) is 7.84. The molecular formula is C27H30N2O5. The van der Waals surface area contributed by atoms with Gasteiger partial charge >= 0.3 is 12.1 Å². The molecule has 1 aliphatic heterocycles. The maximum absolute atomic E-state index is 12.8. The first-order chi connectivity index (χ1) is 16.4. The molecule has 2 unspecified atom stereocenters. The highest BCUT2D eigenvalue weighted by atomic mass is 16.5. The number of benzene rings is 2. The van der Waals surface area contributed by atoms with Gasteiger partial charge in [0.15, 0.2) is 0 Å². The van der Waals surface area contributed by atoms with Crippen LogP contribution < -0.4 is 5.32 Å². The molecule has 1 saturated carbocycles. The van der Waals surface area contributed by atoms with Crippen LogP contribution in [0.1, 0.15) is 49.7 Å². The highest BCUT2D eigenvalue weighted by Crippen LogP contribution is 2.49. The molecule has 2 N–H and O–H groups in total. The summed E-state index contributed by atoms with van der Waals surface area (Å²) in [5.41, 5.74) is 3.83. The molecular weight excluding hydrogens is 432 g/mol. The SMILES string of the molecule is C[C@H](CC(=O)N1CC2CCCC2(C(=O)O)C1)NC(=O)OCC1c2ccccc2-c2ccccc21. The number of amides is 2. The maximum atomic E-state index is 12.8. The highest BCUT2D eigenvalue weighted by molar-refractivity contribution is 5.82. The standard InChI is InChI=1S/C27H30N2O5/c1-17(13-24(30)29-14-18-7-6-12-27(18,16-29)25(31)32)28-26(33)34-15-23-21-10-4-2-8-19(21)20-9-3-5-11-22(20)23/h2-5,8-11,17-18,23H,6-7,12-16H2,1H3,(H,28,33)(H,31,32)/t17-,18?,27?/m1/s1. The summed E-state index contributed by atoms with van der Waals surface area (Å²) in [7, 11) is 0. The van der Waals surface area contributed by atoms with Crippen LogP contribution in [0.25, 0.3) is 11.1 Å². The molecule has 34 heavy (non-hydrogen) atoms. The largest absolute Gasteiger partial charge is 0.481 e. The maximum Gasteiger partial charge on any atom is 0.407 e. The normalized spacial score (nSPS) is 23.7. The lowest BCUT2D eigenvalue weighted by Crippen LogP contribution is -2.41. The number of nitrogens with one attached hydrogen (secondary N) is 1. The summed E-state index contributed by atoms with van der Waals surface area (Å²) in [4.78, 5) is 38.8. The number of nitrogens with zero attached hydrogens (tertiary/aromatic N) is 1. The average Bonchev–Trinajstić information content (AvgIpc) is 3.47. The molecule has 5 rings (SSSR count). The smallest absolute Gasteiger partial charge is 0.407 e. The lowest BCUT2D eigenvalue weighted by Gasteiger charge is -2.24. The fourth-order valence-electron chi connectivity index (χ4n) is 6.11. The van der Waals surface area contributed by atoms with E-state index in [0.29, 0.717) is 13.0 Å². The quantitative estimate of drug-likeness (QED) is 0.676. The van der Waals surface area contributed by atoms with Crippen molar-refractivity contribution in [2.75, 3.05) is 19.7 Å². The number of hydrogen-bond donors (Lipinski definition) is 2. The summed E-state index contributed by atoms with van der Waals surface area (Å²) >= 11 is 0. The van der Waals surface area contributed by atoms with E-state index in [4.69, 9.17) is 4.74 Å². The van der Waals surface area contributed by atoms with Crippen molar-refractivity contribution < 1.29 is 24.2 Å². The van der Waals surface area contributed by atoms with E-state index in [0.717, 1.165) is 24.0 Å². The summed E-state index contributed by atoms with van der Waals surface area (Å²) in [6.45, 7) is 2.74. The van der Waals surface area contributed by atoms with Gasteiger partial charge in [-0.25, -0.2) is 4.79 Å². The van der Waals surface area contributed by atoms with Gasteiger partial charge in [-0.15, -0.1) is 0 Å². The monoisotopic (exact) mass is 462 g/mol. The first-order valence-electron chi connectivity index (χ1n) is 12.0. The van der Waals surface area contributed by atoms with Gasteiger partial charge < -0.3 is 20.1 Å². The second-order valence-electron chi connectivity index (χ2n) is 9.90. The third kappa shape index (κ3) is 3.83. The Morgan fingerprint density at radius 1 is 1.12 bits per heavy atom. The zero-order chi connectivity index (χ0) is 23.9. The number of alkyl carbamates (subject to hydrolysis) is 1. The van der Waals surface area contributed by atoms with Crippen LogP contribution in [-0.4, -0.2) is 53.7 Å². The van der Waals surface area contributed by atoms with Crippen molar-refractivity contribution >= 4 is 18.0 Å². The van der Waals surface area contributed by atoms with Gasteiger partial charge in [0.25, 0.3) is 0 Å². The minimum absolute atomic E-state index is 0.0219. The summed E-state index contributed by atoms with van der Waals surface area (Å²) in [5, 5.41) is 12.5. The second-order valence-corrected chi connectivity index (χ2v) is 9.90. The summed E-state index contributed by atoms with van der Waals surface area (Å²) < 4.78 is 5.57. The molecule has 2 aromatic rings. The van der Waals surface area contributed by atoms with Gasteiger partial charge in [-0.2, -0.15) is 0 Å². The van der Waals surface area contributed by atoms with E-state index >= 15 is 0 Å². The number of hydrogen-bond acceptors (Lipinski definition) is 4. The fourth-order valence-corrected chi connectivity index (χ4v) is 6.11. The molecule has 3 atom stereocenters. The predicted molar refractivity (Wildman–Crippen MR) is 126 cm³/mol. The molecule has 1 heterocycles. The molecule has 2 aliphatic carbocycles. The van der Waals surface area contributed by atoms with Crippen LogP contribution in [0.4, 0.5) is 4.79 Å². The van der Waals surface area contributed by atoms with Gasteiger partial charge in [-0.3, -0.25) is 9.59 Å². The third-order valence-electron chi connectivity index (χ3n) is 7.84. The molecule has 0 radical (unpaired) electrons. The van der Waals surface area contributed by atoms with Crippen LogP contribution in [0.3, 0.4) is 0 Å². The number of fused-ring (bicyclic) bond motifs is 4. The van der Waals surface area contributed by atoms with Crippen molar-refractivity contribution in [3.63, 3.8) is 0 Å². The lowest BCUT2D eigenvalue weighted by atomic mass is 9.81. The van der Waals surface area contributed by atoms with E-state index < -0.39 is 23.5 Å². The Balaban J connectivity index is 1.15. The molecule has 7 nitrogen and oxygen atoms in total. The van der Waals surface area contributed by atoms with Crippen molar-refractivity contribution in [3.05, 3.63) is 59.7 Å². The Bertz CT molecular complexity index is 1090. The Labute approximate surface area is 199 Å². The van der Waals surface area contributed by atoms with Crippen molar-refractivity contribution in [1.82, 2.24) is 10.2 Å². The van der Waals surface area contributed by atoms with Crippen LogP contribution in [-0.2, 0) is 14.3 Å². The van der Waals surface area contributed by atoms with Crippen LogP contribution in [0, 0.1) is 11.3 Å². The van der Waals surface area contributed by atoms with Gasteiger partial charge in [-0.05, 0) is 47.9 Å². The highest BCUT2D eigenvalue weighted by Gasteiger charge is 2.55. The first-order valence-corrected chi connectivity index (χ1v) is 12.0. The molecule has 2 amide bonds. The number of carboxylic acids is 1. The van der Waals surface area contributed by atoms with E-state index in [-0.39, 0.29) is 37.3 Å². The minimum Gasteiger partial charge on any atom is -0.481 e. The molecule has 2 fully saturated rings. The summed E-state index contributed by atoms with van der Waals surface area (Å²) in [6, 6.07) is 15.9. The van der Waals surface area contributed by atoms with Crippen molar-refractivity contribution in [2.24, 2.45) is 11.3 Å². The molecule has 178 valence electrons. The van der Waals surface area contributed by atoms with Gasteiger partial charge in [0.1, 0.15) is 6.61 Å². The van der Waals surface area contributed by atoms with E-state index in [1.54, 1.807) is 11.8 Å². The van der Waals surface area contributed by atoms with E-state index in [1.807, 2.05) is 24.3 Å². The molecule has 0 spiro atoms. The van der Waals surface area contributed by atoms with E-state index in [1.165, 1.54) is 11.1 Å². The Kier molecular flexibility index (Phi) is 5.80. The Morgan fingerprint density at radius 3 is 2.38 bits per heavy atom. The number of likely N-dealkylation sites (tertiary alicyclic amines) is 1. The van der Waals surface area contributed by atoms with Gasteiger partial charge in [0, 0.05) is 31.5 Å². The van der Waals surface area contributed by atoms with Crippen molar-refractivity contribution in [2.45, 2.75) is 44.6 Å². The molecule has 7 heteroatoms. The van der Waals surface area contributed by atoms with Gasteiger partial charge in [-0.1, -0.05) is 55.0 Å². The second kappa shape index (κ2) is 8.78. The minimum atomic E-state index is -0.796. The summed E-state index contributed by atoms with van der Waals surface area (Å²) in [6.07, 6.45) is 1.95. The topological polar surface area (TPSA) is 95.9 Å². The Morgan fingerprint density at radius 2 is 1.76 bits per heavy atom. The number of carbonyl (C=O) groups excluding carboxylic acids is 2. The molecule has 0 bridgehead atoms. The van der Waals surface area contributed by atoms with Crippen LogP contribution in [0.15, 0.2) is 48.5 Å². The predicted octanol–water partition coefficient (Wildman–Crippen LogP) is 4.02. The van der Waals surface area contributed by atoms with Crippen molar-refractivity contribution in [1.29, 1.82) is 0 Å². The molecule has 0 aromatic heterocycles. The number of aliphatic carboxylic acids is 1. The van der Waals surface area contributed by atoms with Gasteiger partial charge in [0.2, 0.25) is 5.91 Å². The number of ether oxygens (including phenoxy) is 1. The van der Waals surface area contributed by atoms with Gasteiger partial charge in [0.05, 0.1) is 5.41 Å².